The van der Waals surface area contributed by atoms with Crippen LogP contribution in [0, 0.1) is 10.1 Å². The smallest absolute Gasteiger partial charge is 0.283 e. The Kier molecular flexibility index (Phi) is 4.21. The van der Waals surface area contributed by atoms with Gasteiger partial charge in [0, 0.05) is 23.1 Å². The molecule has 1 N–H and O–H groups in total. The molecule has 1 aromatic heterocycles. The molecular weight excluding hydrogens is 440 g/mol. The van der Waals surface area contributed by atoms with Gasteiger partial charge in [0.1, 0.15) is 5.56 Å². The van der Waals surface area contributed by atoms with E-state index in [0.29, 0.717) is 22.8 Å². The van der Waals surface area contributed by atoms with Crippen LogP contribution < -0.4 is 14.4 Å². The third-order valence-electron chi connectivity index (χ3n) is 5.77. The van der Waals surface area contributed by atoms with Crippen LogP contribution in [0.5, 0.6) is 11.5 Å². The molecule has 0 fully saturated rings. The number of fused-ring (bicyclic) bond motifs is 3. The van der Waals surface area contributed by atoms with Crippen molar-refractivity contribution in [3.05, 3.63) is 87.1 Å². The molecule has 2 aliphatic heterocycles. The van der Waals surface area contributed by atoms with Crippen LogP contribution >= 0.6 is 0 Å². The Morgan fingerprint density at radius 2 is 1.79 bits per heavy atom. The molecule has 34 heavy (non-hydrogen) atoms. The van der Waals surface area contributed by atoms with E-state index in [0.717, 1.165) is 15.8 Å². The van der Waals surface area contributed by atoms with Gasteiger partial charge in [-0.2, -0.15) is 5.10 Å². The van der Waals surface area contributed by atoms with Crippen LogP contribution in [-0.2, 0) is 0 Å². The lowest BCUT2D eigenvalue weighted by Crippen LogP contribution is -2.30. The number of H-pyrrole nitrogens is 1. The summed E-state index contributed by atoms with van der Waals surface area (Å²) in [6.45, 7) is -0.000461. The highest BCUT2D eigenvalue weighted by Crippen LogP contribution is 2.42. The van der Waals surface area contributed by atoms with Gasteiger partial charge in [0.25, 0.3) is 17.5 Å². The number of nitrogens with zero attached hydrogens (tertiary/aromatic N) is 3. The molecule has 3 aromatic carbocycles. The second-order valence-corrected chi connectivity index (χ2v) is 7.65. The second-order valence-electron chi connectivity index (χ2n) is 7.65. The van der Waals surface area contributed by atoms with E-state index in [1.54, 1.807) is 18.2 Å². The topological polar surface area (TPSA) is 128 Å². The van der Waals surface area contributed by atoms with Crippen LogP contribution in [-0.4, -0.2) is 33.7 Å². The van der Waals surface area contributed by atoms with Crippen molar-refractivity contribution >= 4 is 46.2 Å². The predicted molar refractivity (Wildman–Crippen MR) is 122 cm³/mol. The van der Waals surface area contributed by atoms with Crippen LogP contribution in [0.2, 0.25) is 0 Å². The second kappa shape index (κ2) is 7.27. The molecule has 2 amide bonds. The fourth-order valence-electron chi connectivity index (χ4n) is 4.19. The minimum absolute atomic E-state index is 0.000461. The van der Waals surface area contributed by atoms with Crippen molar-refractivity contribution in [1.82, 2.24) is 10.2 Å². The Labute approximate surface area is 191 Å². The molecule has 0 radical (unpaired) electrons. The standard InChI is InChI=1S/C24H14N4O6/c29-23-15-5-3-7-18(28(31)32)22(15)24(30)27(23)19-11-21-20(33-12-34-21)10-13(19)8-9-17-14-4-1-2-6-16(14)25-26-17/h1-11H,12H2,(H,25,26). The molecule has 0 saturated heterocycles. The number of rotatable bonds is 4. The highest BCUT2D eigenvalue weighted by molar-refractivity contribution is 6.36. The Hall–Kier alpha value is -4.99. The molecule has 0 atom stereocenters. The molecular formula is C24H14N4O6. The molecule has 0 aliphatic carbocycles. The molecule has 0 saturated carbocycles. The van der Waals surface area contributed by atoms with Gasteiger partial charge in [0.05, 0.1) is 27.4 Å². The number of hydrogen-bond acceptors (Lipinski definition) is 7. The Morgan fingerprint density at radius 3 is 2.62 bits per heavy atom. The zero-order valence-corrected chi connectivity index (χ0v) is 17.3. The van der Waals surface area contributed by atoms with E-state index in [1.807, 2.05) is 24.3 Å². The minimum atomic E-state index is -0.772. The Morgan fingerprint density at radius 1 is 1.00 bits per heavy atom. The third-order valence-corrected chi connectivity index (χ3v) is 5.77. The molecule has 0 spiro atoms. The average Bonchev–Trinajstić information content (AvgIpc) is 3.53. The van der Waals surface area contributed by atoms with Crippen molar-refractivity contribution in [2.24, 2.45) is 0 Å². The number of anilines is 1. The normalized spacial score (nSPS) is 14.4. The number of benzene rings is 3. The first-order valence-electron chi connectivity index (χ1n) is 10.2. The molecule has 0 unspecified atom stereocenters. The van der Waals surface area contributed by atoms with Crippen LogP contribution in [0.1, 0.15) is 32.0 Å². The number of nitro benzene ring substituents is 1. The van der Waals surface area contributed by atoms with Gasteiger partial charge in [-0.15, -0.1) is 0 Å². The molecule has 10 nitrogen and oxygen atoms in total. The van der Waals surface area contributed by atoms with Crippen molar-refractivity contribution < 1.29 is 24.0 Å². The van der Waals surface area contributed by atoms with Gasteiger partial charge in [0.15, 0.2) is 11.5 Å². The summed E-state index contributed by atoms with van der Waals surface area (Å²) in [7, 11) is 0. The van der Waals surface area contributed by atoms with E-state index in [4.69, 9.17) is 9.47 Å². The molecule has 10 heteroatoms. The van der Waals surface area contributed by atoms with Gasteiger partial charge in [-0.05, 0) is 24.3 Å². The summed E-state index contributed by atoms with van der Waals surface area (Å²) in [5.74, 6) is -0.602. The number of carbonyl (C=O) groups is 2. The summed E-state index contributed by atoms with van der Waals surface area (Å²) in [6.07, 6.45) is 3.46. The van der Waals surface area contributed by atoms with E-state index in [-0.39, 0.29) is 23.6 Å². The van der Waals surface area contributed by atoms with Crippen LogP contribution in [0.15, 0.2) is 54.6 Å². The van der Waals surface area contributed by atoms with Gasteiger partial charge in [-0.25, -0.2) is 4.90 Å². The lowest BCUT2D eigenvalue weighted by molar-refractivity contribution is -0.385. The number of hydrogen-bond donors (Lipinski definition) is 1. The summed E-state index contributed by atoms with van der Waals surface area (Å²) in [4.78, 5) is 38.2. The van der Waals surface area contributed by atoms with Gasteiger partial charge < -0.3 is 9.47 Å². The monoisotopic (exact) mass is 454 g/mol. The summed E-state index contributed by atoms with van der Waals surface area (Å²) < 4.78 is 10.9. The van der Waals surface area contributed by atoms with Gasteiger partial charge in [-0.1, -0.05) is 30.3 Å². The van der Waals surface area contributed by atoms with Crippen LogP contribution in [0.3, 0.4) is 0 Å². The number of carbonyl (C=O) groups excluding carboxylic acids is 2. The van der Waals surface area contributed by atoms with Crippen LogP contribution in [0.25, 0.3) is 23.1 Å². The fraction of sp³-hybridized carbons (Fsp3) is 0.0417. The van der Waals surface area contributed by atoms with Crippen LogP contribution in [0.4, 0.5) is 11.4 Å². The van der Waals surface area contributed by atoms with Gasteiger partial charge >= 0.3 is 0 Å². The number of nitrogens with one attached hydrogen (secondary N) is 1. The van der Waals surface area contributed by atoms with E-state index in [1.165, 1.54) is 24.3 Å². The van der Waals surface area contributed by atoms with E-state index >= 15 is 0 Å². The van der Waals surface area contributed by atoms with Crippen molar-refractivity contribution in [3.8, 4) is 11.5 Å². The highest BCUT2D eigenvalue weighted by Gasteiger charge is 2.43. The first-order valence-corrected chi connectivity index (χ1v) is 10.2. The lowest BCUT2D eigenvalue weighted by Gasteiger charge is -2.17. The number of ether oxygens (including phenoxy) is 2. The SMILES string of the molecule is O=C1c2cccc([N+](=O)[O-])c2C(=O)N1c1cc2c(cc1C=Cc1n[nH]c3ccccc13)OCO2. The van der Waals surface area contributed by atoms with E-state index < -0.39 is 22.4 Å². The molecule has 166 valence electrons. The maximum absolute atomic E-state index is 13.3. The predicted octanol–water partition coefficient (Wildman–Crippen LogP) is 4.17. The first kappa shape index (κ1) is 19.7. The maximum Gasteiger partial charge on any atom is 0.283 e. The summed E-state index contributed by atoms with van der Waals surface area (Å²) in [6, 6.07) is 14.8. The van der Waals surface area contributed by atoms with E-state index in [9.17, 15) is 19.7 Å². The van der Waals surface area contributed by atoms with Crippen molar-refractivity contribution in [1.29, 1.82) is 0 Å². The fourth-order valence-corrected chi connectivity index (χ4v) is 4.19. The summed E-state index contributed by atoms with van der Waals surface area (Å²) in [5, 5.41) is 19.6. The number of aromatic amines is 1. The van der Waals surface area contributed by atoms with E-state index in [2.05, 4.69) is 10.2 Å². The Balaban J connectivity index is 1.48. The first-order chi connectivity index (χ1) is 16.5. The highest BCUT2D eigenvalue weighted by atomic mass is 16.7. The number of imide groups is 1. The number of amides is 2. The zero-order chi connectivity index (χ0) is 23.4. The van der Waals surface area contributed by atoms with Crippen molar-refractivity contribution in [2.75, 3.05) is 11.7 Å². The number of aromatic nitrogens is 2. The summed E-state index contributed by atoms with van der Waals surface area (Å²) >= 11 is 0. The Bertz CT molecular complexity index is 1570. The minimum Gasteiger partial charge on any atom is -0.454 e. The maximum atomic E-state index is 13.3. The third kappa shape index (κ3) is 2.85. The lowest BCUT2D eigenvalue weighted by atomic mass is 10.1. The zero-order valence-electron chi connectivity index (χ0n) is 17.3. The number of nitro groups is 1. The van der Waals surface area contributed by atoms with Gasteiger partial charge in [-0.3, -0.25) is 24.8 Å². The molecule has 2 aliphatic rings. The quantitative estimate of drug-likeness (QED) is 0.278. The molecule has 0 bridgehead atoms. The van der Waals surface area contributed by atoms with Gasteiger partial charge in [0.2, 0.25) is 6.79 Å². The van der Waals surface area contributed by atoms with Crippen molar-refractivity contribution in [2.45, 2.75) is 0 Å². The summed E-state index contributed by atoms with van der Waals surface area (Å²) in [5.41, 5.74) is 1.56. The number of para-hydroxylation sites is 1. The molecule has 6 rings (SSSR count). The molecule has 4 aromatic rings. The molecule has 3 heterocycles. The average molecular weight is 454 g/mol. The largest absolute Gasteiger partial charge is 0.454 e. The van der Waals surface area contributed by atoms with Crippen molar-refractivity contribution in [3.63, 3.8) is 0 Å².